The van der Waals surface area contributed by atoms with Gasteiger partial charge in [-0.15, -0.1) is 0 Å². The minimum Gasteiger partial charge on any atom is -0.394 e. The van der Waals surface area contributed by atoms with Crippen molar-refractivity contribution in [3.63, 3.8) is 0 Å². The first-order chi connectivity index (χ1) is 8.66. The second kappa shape index (κ2) is 3.37. The predicted molar refractivity (Wildman–Crippen MR) is 69.1 cm³/mol. The van der Waals surface area contributed by atoms with Crippen molar-refractivity contribution in [2.75, 3.05) is 5.73 Å². The van der Waals surface area contributed by atoms with Crippen molar-refractivity contribution in [3.05, 3.63) is 22.1 Å². The molecule has 4 saturated carbocycles. The number of aromatic nitrogens is 2. The Morgan fingerprint density at radius 1 is 1.17 bits per heavy atom. The van der Waals surface area contributed by atoms with Crippen LogP contribution in [0.15, 0.2) is 11.0 Å². The lowest BCUT2D eigenvalue weighted by Gasteiger charge is -2.57. The third-order valence-corrected chi connectivity index (χ3v) is 5.50. The molecule has 18 heavy (non-hydrogen) atoms. The molecule has 4 aliphatic carbocycles. The lowest BCUT2D eigenvalue weighted by Crippen LogP contribution is -2.49. The van der Waals surface area contributed by atoms with Crippen LogP contribution in [0.4, 0.5) is 5.69 Å². The zero-order valence-electron chi connectivity index (χ0n) is 10.5. The van der Waals surface area contributed by atoms with Gasteiger partial charge in [-0.2, -0.15) is 5.10 Å². The summed E-state index contributed by atoms with van der Waals surface area (Å²) in [5, 5.41) is 6.43. The van der Waals surface area contributed by atoms with E-state index in [1.54, 1.807) is 0 Å². The summed E-state index contributed by atoms with van der Waals surface area (Å²) in [6, 6.07) is 0. The molecule has 0 unspecified atom stereocenters. The summed E-state index contributed by atoms with van der Waals surface area (Å²) < 4.78 is 0. The van der Waals surface area contributed by atoms with Crippen LogP contribution in [0, 0.1) is 17.8 Å². The van der Waals surface area contributed by atoms with Gasteiger partial charge in [0.05, 0.1) is 6.20 Å². The molecule has 5 rings (SSSR count). The van der Waals surface area contributed by atoms with Gasteiger partial charge in [0.25, 0.3) is 5.56 Å². The summed E-state index contributed by atoms with van der Waals surface area (Å²) in [5.41, 5.74) is 7.41. The average molecular weight is 245 g/mol. The Bertz CT molecular complexity index is 513. The second-order valence-corrected chi connectivity index (χ2v) is 6.72. The fourth-order valence-corrected chi connectivity index (χ4v) is 5.27. The van der Waals surface area contributed by atoms with Gasteiger partial charge in [0.2, 0.25) is 0 Å². The van der Waals surface area contributed by atoms with Crippen LogP contribution in [0.25, 0.3) is 0 Å². The molecule has 0 spiro atoms. The number of nitrogens with two attached hydrogens (primary N) is 1. The molecule has 0 saturated heterocycles. The lowest BCUT2D eigenvalue weighted by atomic mass is 9.48. The van der Waals surface area contributed by atoms with Crippen molar-refractivity contribution >= 4 is 5.69 Å². The average Bonchev–Trinajstić information content (AvgIpc) is 2.30. The Balaban J connectivity index is 1.84. The van der Waals surface area contributed by atoms with Crippen molar-refractivity contribution in [2.24, 2.45) is 17.8 Å². The number of hydrogen-bond donors (Lipinski definition) is 2. The summed E-state index contributed by atoms with van der Waals surface area (Å²) in [4.78, 5) is 11.7. The van der Waals surface area contributed by atoms with E-state index in [1.165, 1.54) is 38.5 Å². The normalized spacial score (nSPS) is 41.2. The number of nitrogens with one attached hydrogen (secondary N) is 1. The number of nitrogen functional groups attached to an aromatic ring is 1. The van der Waals surface area contributed by atoms with Crippen LogP contribution in [0.2, 0.25) is 0 Å². The summed E-state index contributed by atoms with van der Waals surface area (Å²) in [6.45, 7) is 0. The van der Waals surface area contributed by atoms with Gasteiger partial charge in [-0.05, 0) is 61.7 Å². The number of nitrogens with zero attached hydrogens (tertiary/aromatic N) is 1. The first-order valence-corrected chi connectivity index (χ1v) is 7.00. The van der Waals surface area contributed by atoms with Gasteiger partial charge in [0, 0.05) is 5.56 Å². The molecule has 0 amide bonds. The third kappa shape index (κ3) is 1.32. The zero-order valence-corrected chi connectivity index (χ0v) is 10.5. The van der Waals surface area contributed by atoms with Crippen LogP contribution < -0.4 is 11.3 Å². The van der Waals surface area contributed by atoms with E-state index in [9.17, 15) is 4.79 Å². The quantitative estimate of drug-likeness (QED) is 0.792. The molecule has 0 aliphatic heterocycles. The van der Waals surface area contributed by atoms with Crippen LogP contribution in [0.3, 0.4) is 0 Å². The Labute approximate surface area is 106 Å². The van der Waals surface area contributed by atoms with E-state index in [2.05, 4.69) is 10.2 Å². The smallest absolute Gasteiger partial charge is 0.287 e. The molecule has 0 radical (unpaired) electrons. The van der Waals surface area contributed by atoms with Crippen LogP contribution in [0.5, 0.6) is 0 Å². The number of hydrogen-bond acceptors (Lipinski definition) is 3. The van der Waals surface area contributed by atoms with E-state index in [0.717, 1.165) is 23.3 Å². The van der Waals surface area contributed by atoms with Gasteiger partial charge in [-0.3, -0.25) is 4.79 Å². The largest absolute Gasteiger partial charge is 0.394 e. The molecule has 1 heterocycles. The molecule has 4 heteroatoms. The molecule has 4 fully saturated rings. The van der Waals surface area contributed by atoms with Crippen LogP contribution in [-0.4, -0.2) is 10.2 Å². The van der Waals surface area contributed by atoms with Crippen LogP contribution in [-0.2, 0) is 5.41 Å². The summed E-state index contributed by atoms with van der Waals surface area (Å²) in [5.74, 6) is 2.57. The van der Waals surface area contributed by atoms with Gasteiger partial charge in [0.15, 0.2) is 0 Å². The van der Waals surface area contributed by atoms with Crippen LogP contribution in [0.1, 0.15) is 44.1 Å². The zero-order chi connectivity index (χ0) is 12.3. The number of H-pyrrole nitrogens is 1. The fourth-order valence-electron chi connectivity index (χ4n) is 5.27. The van der Waals surface area contributed by atoms with E-state index >= 15 is 0 Å². The van der Waals surface area contributed by atoms with E-state index in [4.69, 9.17) is 5.73 Å². The monoisotopic (exact) mass is 245 g/mol. The molecule has 4 aliphatic rings. The molecule has 1 aromatic heterocycles. The van der Waals surface area contributed by atoms with Crippen molar-refractivity contribution in [2.45, 2.75) is 43.9 Å². The van der Waals surface area contributed by atoms with Gasteiger partial charge in [-0.25, -0.2) is 5.10 Å². The standard InChI is InChI=1S/C14H19N3O/c15-12-11(7-16-17-13(12)18)14-4-8-1-9(5-14)3-10(2-8)6-14/h7-10H,1-6H2,(H2,15,16)(H,17,18). The molecular weight excluding hydrogens is 226 g/mol. The highest BCUT2D eigenvalue weighted by Crippen LogP contribution is 2.61. The maximum Gasteiger partial charge on any atom is 0.287 e. The van der Waals surface area contributed by atoms with E-state index < -0.39 is 0 Å². The summed E-state index contributed by atoms with van der Waals surface area (Å²) in [6.07, 6.45) is 9.65. The van der Waals surface area contributed by atoms with Gasteiger partial charge in [-0.1, -0.05) is 0 Å². The lowest BCUT2D eigenvalue weighted by molar-refractivity contribution is -0.00508. The molecule has 4 bridgehead atoms. The Kier molecular flexibility index (Phi) is 1.98. The van der Waals surface area contributed by atoms with E-state index in [1.807, 2.05) is 6.20 Å². The highest BCUT2D eigenvalue weighted by Gasteiger charge is 2.52. The number of anilines is 1. The summed E-state index contributed by atoms with van der Waals surface area (Å²) in [7, 11) is 0. The molecular formula is C14H19N3O. The third-order valence-electron chi connectivity index (χ3n) is 5.50. The fraction of sp³-hybridized carbons (Fsp3) is 0.714. The molecule has 4 nitrogen and oxygen atoms in total. The maximum atomic E-state index is 11.7. The van der Waals surface area contributed by atoms with Crippen molar-refractivity contribution in [1.29, 1.82) is 0 Å². The Hall–Kier alpha value is -1.32. The first-order valence-electron chi connectivity index (χ1n) is 7.00. The van der Waals surface area contributed by atoms with E-state index in [0.29, 0.717) is 5.69 Å². The highest BCUT2D eigenvalue weighted by molar-refractivity contribution is 5.48. The molecule has 3 N–H and O–H groups in total. The molecule has 0 atom stereocenters. The van der Waals surface area contributed by atoms with Gasteiger partial charge in [0.1, 0.15) is 5.69 Å². The first kappa shape index (κ1) is 10.6. The van der Waals surface area contributed by atoms with Gasteiger partial charge < -0.3 is 5.73 Å². The van der Waals surface area contributed by atoms with Crippen molar-refractivity contribution < 1.29 is 0 Å². The maximum absolute atomic E-state index is 11.7. The van der Waals surface area contributed by atoms with Crippen LogP contribution >= 0.6 is 0 Å². The minimum absolute atomic E-state index is 0.167. The summed E-state index contributed by atoms with van der Waals surface area (Å²) >= 11 is 0. The van der Waals surface area contributed by atoms with Crippen molar-refractivity contribution in [1.82, 2.24) is 10.2 Å². The molecule has 1 aromatic rings. The van der Waals surface area contributed by atoms with Crippen molar-refractivity contribution in [3.8, 4) is 0 Å². The molecule has 96 valence electrons. The highest BCUT2D eigenvalue weighted by atomic mass is 16.1. The Morgan fingerprint density at radius 3 is 2.28 bits per heavy atom. The van der Waals surface area contributed by atoms with E-state index in [-0.39, 0.29) is 11.0 Å². The second-order valence-electron chi connectivity index (χ2n) is 6.72. The Morgan fingerprint density at radius 2 is 1.72 bits per heavy atom. The minimum atomic E-state index is -0.219. The predicted octanol–water partition coefficient (Wildman–Crippen LogP) is 1.82. The van der Waals surface area contributed by atoms with Gasteiger partial charge >= 0.3 is 0 Å². The number of rotatable bonds is 1. The molecule has 0 aromatic carbocycles. The number of aromatic amines is 1. The topological polar surface area (TPSA) is 71.8 Å². The SMILES string of the molecule is Nc1c(C23CC4CC(CC(C4)C2)C3)cn[nH]c1=O.